The Labute approximate surface area is 69.9 Å². The van der Waals surface area contributed by atoms with E-state index < -0.39 is 0 Å². The predicted octanol–water partition coefficient (Wildman–Crippen LogP) is 0.777. The zero-order valence-electron chi connectivity index (χ0n) is 6.78. The molecule has 0 radical (unpaired) electrons. The first-order valence-electron chi connectivity index (χ1n) is 3.67. The smallest absolute Gasteiger partial charge is 0.264 e. The molecule has 0 aliphatic heterocycles. The molecule has 64 valence electrons. The lowest BCUT2D eigenvalue weighted by atomic mass is 10.4. The zero-order valence-corrected chi connectivity index (χ0v) is 6.78. The third-order valence-corrected chi connectivity index (χ3v) is 1.20. The van der Waals surface area contributed by atoms with E-state index in [1.165, 1.54) is 6.07 Å². The minimum absolute atomic E-state index is 0.205. The van der Waals surface area contributed by atoms with E-state index in [0.717, 1.165) is 0 Å². The van der Waals surface area contributed by atoms with Gasteiger partial charge >= 0.3 is 0 Å². The zero-order chi connectivity index (χ0) is 8.81. The van der Waals surface area contributed by atoms with Gasteiger partial charge in [0, 0.05) is 12.1 Å². The molecule has 0 bridgehead atoms. The summed E-state index contributed by atoms with van der Waals surface area (Å²) in [5.41, 5.74) is 0.464. The van der Waals surface area contributed by atoms with Gasteiger partial charge in [0.1, 0.15) is 0 Å². The second kappa shape index (κ2) is 4.33. The van der Waals surface area contributed by atoms with Crippen LogP contribution in [-0.2, 0) is 4.74 Å². The Morgan fingerprint density at radius 2 is 2.50 bits per heavy atom. The summed E-state index contributed by atoms with van der Waals surface area (Å²) in [7, 11) is 0. The fraction of sp³-hybridized carbons (Fsp3) is 0.250. The Morgan fingerprint density at radius 1 is 1.67 bits per heavy atom. The van der Waals surface area contributed by atoms with Gasteiger partial charge in [-0.1, -0.05) is 0 Å². The van der Waals surface area contributed by atoms with Gasteiger partial charge in [0.25, 0.3) is 5.56 Å². The number of H-pyrrole nitrogens is 1. The van der Waals surface area contributed by atoms with Gasteiger partial charge in [-0.3, -0.25) is 4.79 Å². The van der Waals surface area contributed by atoms with Crippen LogP contribution in [0.25, 0.3) is 6.08 Å². The van der Waals surface area contributed by atoms with Gasteiger partial charge in [-0.05, 0) is 13.0 Å². The first-order valence-corrected chi connectivity index (χ1v) is 3.67. The van der Waals surface area contributed by atoms with E-state index in [9.17, 15) is 4.79 Å². The summed E-state index contributed by atoms with van der Waals surface area (Å²) in [6.45, 7) is 2.52. The highest BCUT2D eigenvalue weighted by molar-refractivity contribution is 5.41. The molecule has 0 amide bonds. The van der Waals surface area contributed by atoms with Crippen LogP contribution in [0, 0.1) is 0 Å². The molecule has 0 saturated carbocycles. The van der Waals surface area contributed by atoms with Crippen molar-refractivity contribution in [2.45, 2.75) is 6.92 Å². The Kier molecular flexibility index (Phi) is 3.07. The number of aromatic amines is 1. The molecule has 0 aliphatic carbocycles. The fourth-order valence-corrected chi connectivity index (χ4v) is 0.662. The van der Waals surface area contributed by atoms with E-state index in [2.05, 4.69) is 10.2 Å². The lowest BCUT2D eigenvalue weighted by Crippen LogP contribution is -2.05. The molecule has 1 rings (SSSR count). The third kappa shape index (κ3) is 2.57. The molecule has 0 spiro atoms. The van der Waals surface area contributed by atoms with Crippen molar-refractivity contribution in [3.8, 4) is 0 Å². The summed E-state index contributed by atoms with van der Waals surface area (Å²) in [6, 6.07) is 3.03. The molecule has 0 saturated heterocycles. The van der Waals surface area contributed by atoms with Crippen LogP contribution in [-0.4, -0.2) is 16.8 Å². The van der Waals surface area contributed by atoms with Gasteiger partial charge in [-0.15, -0.1) is 0 Å². The molecule has 1 aromatic rings. The van der Waals surface area contributed by atoms with E-state index >= 15 is 0 Å². The summed E-state index contributed by atoms with van der Waals surface area (Å²) < 4.78 is 4.96. The average Bonchev–Trinajstić information content (AvgIpc) is 2.09. The van der Waals surface area contributed by atoms with Gasteiger partial charge in [-0.25, -0.2) is 5.10 Å². The minimum Gasteiger partial charge on any atom is -0.501 e. The highest BCUT2D eigenvalue weighted by atomic mass is 16.5. The number of rotatable bonds is 3. The normalized spacial score (nSPS) is 10.4. The molecular formula is C8H10N2O2. The van der Waals surface area contributed by atoms with Crippen LogP contribution in [0.2, 0.25) is 0 Å². The van der Waals surface area contributed by atoms with Crippen molar-refractivity contribution in [1.82, 2.24) is 10.2 Å². The summed E-state index contributed by atoms with van der Waals surface area (Å²) in [5.74, 6) is 0. The molecule has 0 fully saturated rings. The minimum atomic E-state index is -0.205. The van der Waals surface area contributed by atoms with Crippen molar-refractivity contribution in [3.63, 3.8) is 0 Å². The maximum absolute atomic E-state index is 10.6. The van der Waals surface area contributed by atoms with Gasteiger partial charge in [-0.2, -0.15) is 5.10 Å². The van der Waals surface area contributed by atoms with Crippen molar-refractivity contribution in [2.24, 2.45) is 0 Å². The van der Waals surface area contributed by atoms with E-state index in [4.69, 9.17) is 4.74 Å². The van der Waals surface area contributed by atoms with Crippen LogP contribution in [0.15, 0.2) is 23.2 Å². The lowest BCUT2D eigenvalue weighted by molar-refractivity contribution is 0.272. The van der Waals surface area contributed by atoms with Gasteiger partial charge < -0.3 is 4.74 Å². The van der Waals surface area contributed by atoms with E-state index in [1.54, 1.807) is 18.4 Å². The summed E-state index contributed by atoms with van der Waals surface area (Å²) in [6.07, 6.45) is 3.22. The summed E-state index contributed by atoms with van der Waals surface area (Å²) in [4.78, 5) is 10.6. The number of aromatic nitrogens is 2. The molecule has 1 heterocycles. The molecule has 0 unspecified atom stereocenters. The first-order chi connectivity index (χ1) is 5.83. The number of hydrogen-bond acceptors (Lipinski definition) is 3. The summed E-state index contributed by atoms with van der Waals surface area (Å²) >= 11 is 0. The van der Waals surface area contributed by atoms with Crippen LogP contribution in [0.1, 0.15) is 12.6 Å². The van der Waals surface area contributed by atoms with Crippen molar-refractivity contribution >= 4 is 6.08 Å². The molecule has 12 heavy (non-hydrogen) atoms. The first kappa shape index (κ1) is 8.52. The second-order valence-corrected chi connectivity index (χ2v) is 2.10. The van der Waals surface area contributed by atoms with E-state index in [1.807, 2.05) is 6.92 Å². The Bertz CT molecular complexity index is 297. The highest BCUT2D eigenvalue weighted by Crippen LogP contribution is 1.92. The van der Waals surface area contributed by atoms with Crippen LogP contribution >= 0.6 is 0 Å². The Morgan fingerprint density at radius 3 is 3.08 bits per heavy atom. The van der Waals surface area contributed by atoms with E-state index in [0.29, 0.717) is 12.3 Å². The molecule has 4 heteroatoms. The SMILES string of the molecule is CCOC=Cc1ccc(=O)[nH]n1. The van der Waals surface area contributed by atoms with E-state index in [-0.39, 0.29) is 5.56 Å². The lowest BCUT2D eigenvalue weighted by Gasteiger charge is -1.92. The largest absolute Gasteiger partial charge is 0.501 e. The van der Waals surface area contributed by atoms with Gasteiger partial charge in [0.05, 0.1) is 18.6 Å². The van der Waals surface area contributed by atoms with Crippen molar-refractivity contribution < 1.29 is 4.74 Å². The predicted molar refractivity (Wildman–Crippen MR) is 45.5 cm³/mol. The maximum atomic E-state index is 10.6. The molecular weight excluding hydrogens is 156 g/mol. The maximum Gasteiger partial charge on any atom is 0.264 e. The quantitative estimate of drug-likeness (QED) is 0.675. The molecule has 4 nitrogen and oxygen atoms in total. The fourth-order valence-electron chi connectivity index (χ4n) is 0.662. The average molecular weight is 166 g/mol. The van der Waals surface area contributed by atoms with Crippen LogP contribution in [0.3, 0.4) is 0 Å². The number of nitrogens with one attached hydrogen (secondary N) is 1. The molecule has 0 aliphatic rings. The summed E-state index contributed by atoms with van der Waals surface area (Å²) in [5, 5.41) is 6.06. The highest BCUT2D eigenvalue weighted by Gasteiger charge is 1.86. The molecule has 1 aromatic heterocycles. The molecule has 0 aromatic carbocycles. The van der Waals surface area contributed by atoms with Gasteiger partial charge in [0.15, 0.2) is 0 Å². The van der Waals surface area contributed by atoms with Gasteiger partial charge in [0.2, 0.25) is 0 Å². The van der Waals surface area contributed by atoms with Crippen molar-refractivity contribution in [1.29, 1.82) is 0 Å². The van der Waals surface area contributed by atoms with Crippen molar-refractivity contribution in [2.75, 3.05) is 6.61 Å². The van der Waals surface area contributed by atoms with Crippen LogP contribution < -0.4 is 5.56 Å². The van der Waals surface area contributed by atoms with Crippen LogP contribution in [0.5, 0.6) is 0 Å². The number of nitrogens with zero attached hydrogens (tertiary/aromatic N) is 1. The third-order valence-electron chi connectivity index (χ3n) is 1.20. The molecule has 1 N–H and O–H groups in total. The second-order valence-electron chi connectivity index (χ2n) is 2.10. The van der Waals surface area contributed by atoms with Crippen molar-refractivity contribution in [3.05, 3.63) is 34.4 Å². The van der Waals surface area contributed by atoms with Crippen LogP contribution in [0.4, 0.5) is 0 Å². The topological polar surface area (TPSA) is 55.0 Å². The number of ether oxygens (including phenoxy) is 1. The number of hydrogen-bond donors (Lipinski definition) is 1. The Hall–Kier alpha value is -1.58. The monoisotopic (exact) mass is 166 g/mol. The Balaban J connectivity index is 2.64. The standard InChI is InChI=1S/C8H10N2O2/c1-2-12-6-5-7-3-4-8(11)10-9-7/h3-6H,2H2,1H3,(H,10,11). The molecule has 0 atom stereocenters.